The summed E-state index contributed by atoms with van der Waals surface area (Å²) in [4.78, 5) is 16.2. The van der Waals surface area contributed by atoms with Crippen molar-refractivity contribution < 1.29 is 4.79 Å². The Hall–Kier alpha value is -0.770. The standard InChI is InChI=1S/C11H21N3O/c1-9(2)13-7-4-8-14(11(13)15)10-5-3-6-12-10/h9-10,12H,3-8H2,1-2H3. The van der Waals surface area contributed by atoms with Crippen molar-refractivity contribution in [1.82, 2.24) is 15.1 Å². The molecule has 4 heteroatoms. The molecule has 2 amide bonds. The van der Waals surface area contributed by atoms with Crippen LogP contribution in [0.3, 0.4) is 0 Å². The monoisotopic (exact) mass is 211 g/mol. The van der Waals surface area contributed by atoms with Crippen LogP contribution in [0.15, 0.2) is 0 Å². The van der Waals surface area contributed by atoms with Gasteiger partial charge in [0, 0.05) is 19.1 Å². The van der Waals surface area contributed by atoms with E-state index in [-0.39, 0.29) is 6.03 Å². The fourth-order valence-corrected chi connectivity index (χ4v) is 2.47. The van der Waals surface area contributed by atoms with Crippen molar-refractivity contribution >= 4 is 6.03 Å². The lowest BCUT2D eigenvalue weighted by Gasteiger charge is -2.40. The van der Waals surface area contributed by atoms with E-state index in [0.717, 1.165) is 32.5 Å². The predicted octanol–water partition coefficient (Wildman–Crippen LogP) is 1.23. The van der Waals surface area contributed by atoms with E-state index < -0.39 is 0 Å². The van der Waals surface area contributed by atoms with E-state index in [1.54, 1.807) is 0 Å². The van der Waals surface area contributed by atoms with Crippen molar-refractivity contribution in [3.8, 4) is 0 Å². The molecule has 0 aromatic rings. The van der Waals surface area contributed by atoms with Gasteiger partial charge in [-0.2, -0.15) is 0 Å². The first-order valence-electron chi connectivity index (χ1n) is 6.01. The lowest BCUT2D eigenvalue weighted by Crippen LogP contribution is -2.57. The molecule has 2 fully saturated rings. The first-order chi connectivity index (χ1) is 7.20. The summed E-state index contributed by atoms with van der Waals surface area (Å²) in [5.74, 6) is 0. The number of carbonyl (C=O) groups excluding carboxylic acids is 1. The quantitative estimate of drug-likeness (QED) is 0.745. The zero-order valence-electron chi connectivity index (χ0n) is 9.70. The number of hydrogen-bond donors (Lipinski definition) is 1. The SMILES string of the molecule is CC(C)N1CCCN(C2CCCN2)C1=O. The highest BCUT2D eigenvalue weighted by Crippen LogP contribution is 2.18. The van der Waals surface area contributed by atoms with Crippen molar-refractivity contribution in [2.24, 2.45) is 0 Å². The summed E-state index contributed by atoms with van der Waals surface area (Å²) in [5, 5.41) is 3.39. The third-order valence-electron chi connectivity index (χ3n) is 3.32. The second kappa shape index (κ2) is 4.39. The van der Waals surface area contributed by atoms with Crippen LogP contribution >= 0.6 is 0 Å². The summed E-state index contributed by atoms with van der Waals surface area (Å²) in [7, 11) is 0. The topological polar surface area (TPSA) is 35.6 Å². The normalized spacial score (nSPS) is 27.9. The Morgan fingerprint density at radius 3 is 2.73 bits per heavy atom. The first-order valence-corrected chi connectivity index (χ1v) is 6.01. The van der Waals surface area contributed by atoms with Crippen molar-refractivity contribution in [3.05, 3.63) is 0 Å². The Labute approximate surface area is 91.6 Å². The van der Waals surface area contributed by atoms with Gasteiger partial charge in [0.15, 0.2) is 0 Å². The van der Waals surface area contributed by atoms with Crippen LogP contribution in [0.2, 0.25) is 0 Å². The summed E-state index contributed by atoms with van der Waals surface area (Å²) >= 11 is 0. The first kappa shape index (κ1) is 10.7. The van der Waals surface area contributed by atoms with E-state index in [4.69, 9.17) is 0 Å². The van der Waals surface area contributed by atoms with E-state index >= 15 is 0 Å². The average Bonchev–Trinajstić information content (AvgIpc) is 2.70. The highest BCUT2D eigenvalue weighted by atomic mass is 16.2. The smallest absolute Gasteiger partial charge is 0.321 e. The molecule has 0 aromatic heterocycles. The van der Waals surface area contributed by atoms with Crippen LogP contribution in [-0.4, -0.2) is 47.7 Å². The predicted molar refractivity (Wildman–Crippen MR) is 59.6 cm³/mol. The maximum Gasteiger partial charge on any atom is 0.321 e. The summed E-state index contributed by atoms with van der Waals surface area (Å²) in [6.45, 7) is 7.06. The van der Waals surface area contributed by atoms with Crippen LogP contribution in [0, 0.1) is 0 Å². The maximum atomic E-state index is 12.2. The maximum absolute atomic E-state index is 12.2. The third-order valence-corrected chi connectivity index (χ3v) is 3.32. The Kier molecular flexibility index (Phi) is 3.14. The Bertz CT molecular complexity index is 236. The summed E-state index contributed by atoms with van der Waals surface area (Å²) in [5.41, 5.74) is 0. The molecule has 15 heavy (non-hydrogen) atoms. The Morgan fingerprint density at radius 2 is 2.13 bits per heavy atom. The summed E-state index contributed by atoms with van der Waals surface area (Å²) < 4.78 is 0. The van der Waals surface area contributed by atoms with Gasteiger partial charge in [0.05, 0.1) is 6.17 Å². The van der Waals surface area contributed by atoms with Gasteiger partial charge in [0.1, 0.15) is 0 Å². The lowest BCUT2D eigenvalue weighted by molar-refractivity contribution is 0.0916. The summed E-state index contributed by atoms with van der Waals surface area (Å²) in [6, 6.07) is 0.539. The number of amides is 2. The molecule has 0 bridgehead atoms. The van der Waals surface area contributed by atoms with Gasteiger partial charge >= 0.3 is 6.03 Å². The van der Waals surface area contributed by atoms with Crippen LogP contribution < -0.4 is 5.32 Å². The number of hydrogen-bond acceptors (Lipinski definition) is 2. The van der Waals surface area contributed by atoms with Crippen molar-refractivity contribution in [1.29, 1.82) is 0 Å². The van der Waals surface area contributed by atoms with Gasteiger partial charge < -0.3 is 9.80 Å². The van der Waals surface area contributed by atoms with E-state index in [1.165, 1.54) is 6.42 Å². The number of nitrogens with zero attached hydrogens (tertiary/aromatic N) is 2. The molecule has 2 aliphatic heterocycles. The number of rotatable bonds is 2. The number of urea groups is 1. The fourth-order valence-electron chi connectivity index (χ4n) is 2.47. The van der Waals surface area contributed by atoms with Crippen LogP contribution in [0.25, 0.3) is 0 Å². The molecule has 1 N–H and O–H groups in total. The van der Waals surface area contributed by atoms with Crippen LogP contribution in [0.5, 0.6) is 0 Å². The molecule has 4 nitrogen and oxygen atoms in total. The van der Waals surface area contributed by atoms with Gasteiger partial charge in [0.25, 0.3) is 0 Å². The molecule has 1 atom stereocenters. The minimum atomic E-state index is 0.218. The molecule has 0 aliphatic carbocycles. The molecule has 1 unspecified atom stereocenters. The molecule has 2 rings (SSSR count). The fraction of sp³-hybridized carbons (Fsp3) is 0.909. The second-order valence-corrected chi connectivity index (χ2v) is 4.73. The zero-order valence-corrected chi connectivity index (χ0v) is 9.70. The minimum absolute atomic E-state index is 0.218. The molecule has 0 spiro atoms. The molecule has 2 saturated heterocycles. The van der Waals surface area contributed by atoms with Crippen LogP contribution in [0.1, 0.15) is 33.1 Å². The van der Waals surface area contributed by atoms with E-state index in [2.05, 4.69) is 19.2 Å². The minimum Gasteiger partial charge on any atom is -0.322 e. The molecule has 0 aromatic carbocycles. The largest absolute Gasteiger partial charge is 0.322 e. The Morgan fingerprint density at radius 1 is 1.33 bits per heavy atom. The van der Waals surface area contributed by atoms with Gasteiger partial charge in [-0.25, -0.2) is 4.79 Å². The number of nitrogens with one attached hydrogen (secondary N) is 1. The molecule has 0 saturated carbocycles. The van der Waals surface area contributed by atoms with Crippen LogP contribution in [-0.2, 0) is 0 Å². The molecule has 86 valence electrons. The van der Waals surface area contributed by atoms with Crippen molar-refractivity contribution in [2.45, 2.75) is 45.3 Å². The highest BCUT2D eigenvalue weighted by Gasteiger charge is 2.33. The van der Waals surface area contributed by atoms with E-state index in [1.807, 2.05) is 9.80 Å². The lowest BCUT2D eigenvalue weighted by atomic mass is 10.2. The van der Waals surface area contributed by atoms with Gasteiger partial charge in [0.2, 0.25) is 0 Å². The average molecular weight is 211 g/mol. The van der Waals surface area contributed by atoms with Gasteiger partial charge in [-0.05, 0) is 39.7 Å². The number of carbonyl (C=O) groups is 1. The van der Waals surface area contributed by atoms with Crippen molar-refractivity contribution in [2.75, 3.05) is 19.6 Å². The second-order valence-electron chi connectivity index (χ2n) is 4.73. The molecule has 2 aliphatic rings. The highest BCUT2D eigenvalue weighted by molar-refractivity contribution is 5.75. The third kappa shape index (κ3) is 2.09. The summed E-state index contributed by atoms with van der Waals surface area (Å²) in [6.07, 6.45) is 3.69. The van der Waals surface area contributed by atoms with Gasteiger partial charge in [-0.1, -0.05) is 0 Å². The van der Waals surface area contributed by atoms with Gasteiger partial charge in [-0.3, -0.25) is 5.32 Å². The molecule has 2 heterocycles. The van der Waals surface area contributed by atoms with Crippen LogP contribution in [0.4, 0.5) is 4.79 Å². The zero-order chi connectivity index (χ0) is 10.8. The van der Waals surface area contributed by atoms with E-state index in [0.29, 0.717) is 12.2 Å². The Balaban J connectivity index is 2.02. The van der Waals surface area contributed by atoms with Crippen molar-refractivity contribution in [3.63, 3.8) is 0 Å². The molecular weight excluding hydrogens is 190 g/mol. The van der Waals surface area contributed by atoms with E-state index in [9.17, 15) is 4.79 Å². The molecule has 0 radical (unpaired) electrons. The van der Waals surface area contributed by atoms with Gasteiger partial charge in [-0.15, -0.1) is 0 Å². The molecular formula is C11H21N3O.